The molecule has 3 unspecified atom stereocenters. The molecule has 2 N–H and O–H groups in total. The summed E-state index contributed by atoms with van der Waals surface area (Å²) in [5, 5.41) is 0.498. The summed E-state index contributed by atoms with van der Waals surface area (Å²) in [6.07, 6.45) is 6.30. The smallest absolute Gasteiger partial charge is 0.261 e. The first kappa shape index (κ1) is 20.4. The normalized spacial score (nSPS) is 22.9. The topological polar surface area (TPSA) is 96.5 Å². The highest BCUT2D eigenvalue weighted by Crippen LogP contribution is 2.40. The number of rotatable bonds is 5. The van der Waals surface area contributed by atoms with Crippen molar-refractivity contribution in [3.63, 3.8) is 0 Å². The fraction of sp³-hybridized carbons (Fsp3) is 0.429. The van der Waals surface area contributed by atoms with Gasteiger partial charge in [-0.25, -0.2) is 4.98 Å². The number of hydrogen-bond donors (Lipinski definition) is 2. The highest BCUT2D eigenvalue weighted by atomic mass is 35.5. The van der Waals surface area contributed by atoms with Crippen LogP contribution in [0.25, 0.3) is 0 Å². The van der Waals surface area contributed by atoms with Crippen molar-refractivity contribution >= 4 is 29.4 Å². The number of anilines is 1. The van der Waals surface area contributed by atoms with Gasteiger partial charge in [0.1, 0.15) is 6.04 Å². The van der Waals surface area contributed by atoms with Crippen molar-refractivity contribution in [3.8, 4) is 5.88 Å². The molecule has 3 atom stereocenters. The lowest BCUT2D eigenvalue weighted by Gasteiger charge is -2.33. The molecule has 30 heavy (non-hydrogen) atoms. The average Bonchev–Trinajstić information content (AvgIpc) is 3.17. The van der Waals surface area contributed by atoms with Crippen molar-refractivity contribution in [1.82, 2.24) is 20.3 Å². The van der Waals surface area contributed by atoms with Gasteiger partial charge in [-0.2, -0.15) is 4.98 Å². The summed E-state index contributed by atoms with van der Waals surface area (Å²) < 4.78 is 5.07. The lowest BCUT2D eigenvalue weighted by molar-refractivity contribution is -0.124. The van der Waals surface area contributed by atoms with Crippen LogP contribution in [-0.4, -0.2) is 45.9 Å². The molecule has 2 heterocycles. The molecule has 9 heteroatoms. The van der Waals surface area contributed by atoms with Gasteiger partial charge < -0.3 is 9.64 Å². The molecule has 1 aliphatic heterocycles. The lowest BCUT2D eigenvalue weighted by Crippen LogP contribution is -2.50. The van der Waals surface area contributed by atoms with Crippen LogP contribution in [0.15, 0.2) is 36.5 Å². The number of benzene rings is 1. The maximum absolute atomic E-state index is 13.4. The van der Waals surface area contributed by atoms with E-state index >= 15 is 0 Å². The van der Waals surface area contributed by atoms with Crippen LogP contribution in [0.3, 0.4) is 0 Å². The Morgan fingerprint density at radius 1 is 1.23 bits per heavy atom. The number of hydrazine groups is 1. The van der Waals surface area contributed by atoms with Gasteiger partial charge in [0.15, 0.2) is 0 Å². The van der Waals surface area contributed by atoms with Crippen LogP contribution in [0.2, 0.25) is 5.02 Å². The van der Waals surface area contributed by atoms with Gasteiger partial charge in [-0.15, -0.1) is 0 Å². The molecule has 1 saturated heterocycles. The molecule has 4 rings (SSSR count). The van der Waals surface area contributed by atoms with E-state index in [1.807, 2.05) is 0 Å². The Morgan fingerprint density at radius 2 is 2.07 bits per heavy atom. The van der Waals surface area contributed by atoms with Gasteiger partial charge in [-0.3, -0.25) is 20.4 Å². The van der Waals surface area contributed by atoms with Crippen molar-refractivity contribution in [1.29, 1.82) is 0 Å². The summed E-state index contributed by atoms with van der Waals surface area (Å²) in [5.41, 5.74) is 5.88. The van der Waals surface area contributed by atoms with Gasteiger partial charge in [0, 0.05) is 28.9 Å². The van der Waals surface area contributed by atoms with E-state index < -0.39 is 6.04 Å². The van der Waals surface area contributed by atoms with E-state index in [4.69, 9.17) is 16.3 Å². The molecule has 2 aromatic rings. The van der Waals surface area contributed by atoms with Crippen LogP contribution in [0.4, 0.5) is 5.95 Å². The van der Waals surface area contributed by atoms with Crippen LogP contribution in [0.1, 0.15) is 42.5 Å². The zero-order valence-electron chi connectivity index (χ0n) is 16.7. The first-order valence-electron chi connectivity index (χ1n) is 10.1. The standard InChI is InChI=1S/C21H24ClN5O3/c1-30-18-9-10-23-21(24-18)26-25-19(28)17-12-13-5-2-3-8-16(13)27(17)20(29)14-6-4-7-15(22)11-14/h4,6-7,9-11,13,16-17H,2-3,5,8,12H2,1H3,(H,25,28)(H,23,24,26). The van der Waals surface area contributed by atoms with Gasteiger partial charge in [-0.1, -0.05) is 30.5 Å². The van der Waals surface area contributed by atoms with Crippen molar-refractivity contribution in [2.45, 2.75) is 44.2 Å². The molecular weight excluding hydrogens is 406 g/mol. The largest absolute Gasteiger partial charge is 0.481 e. The molecule has 158 valence electrons. The monoisotopic (exact) mass is 429 g/mol. The van der Waals surface area contributed by atoms with Gasteiger partial charge >= 0.3 is 0 Å². The van der Waals surface area contributed by atoms with Crippen molar-refractivity contribution in [2.75, 3.05) is 12.5 Å². The number of aromatic nitrogens is 2. The Kier molecular flexibility index (Phi) is 6.03. The van der Waals surface area contributed by atoms with E-state index in [0.717, 1.165) is 25.7 Å². The molecule has 0 bridgehead atoms. The molecule has 0 radical (unpaired) electrons. The lowest BCUT2D eigenvalue weighted by atomic mass is 9.84. The summed E-state index contributed by atoms with van der Waals surface area (Å²) in [7, 11) is 1.50. The number of methoxy groups -OCH3 is 1. The number of ether oxygens (including phenoxy) is 1. The third-order valence-corrected chi connectivity index (χ3v) is 6.07. The van der Waals surface area contributed by atoms with Crippen LogP contribution < -0.4 is 15.6 Å². The molecule has 1 aliphatic carbocycles. The molecule has 2 fully saturated rings. The molecule has 1 aromatic heterocycles. The second-order valence-corrected chi connectivity index (χ2v) is 8.06. The summed E-state index contributed by atoms with van der Waals surface area (Å²) in [4.78, 5) is 36.3. The number of carbonyl (C=O) groups is 2. The average molecular weight is 430 g/mol. The Morgan fingerprint density at radius 3 is 2.87 bits per heavy atom. The highest BCUT2D eigenvalue weighted by Gasteiger charge is 2.47. The number of nitrogens with zero attached hydrogens (tertiary/aromatic N) is 3. The Bertz CT molecular complexity index is 940. The van der Waals surface area contributed by atoms with E-state index in [1.54, 1.807) is 35.2 Å². The first-order valence-corrected chi connectivity index (χ1v) is 10.5. The molecule has 2 amide bonds. The molecule has 2 aliphatic rings. The Hall–Kier alpha value is -2.87. The first-order chi connectivity index (χ1) is 14.6. The number of carbonyl (C=O) groups excluding carboxylic acids is 2. The predicted molar refractivity (Wildman–Crippen MR) is 112 cm³/mol. The van der Waals surface area contributed by atoms with E-state index in [2.05, 4.69) is 20.8 Å². The third-order valence-electron chi connectivity index (χ3n) is 5.83. The minimum Gasteiger partial charge on any atom is -0.481 e. The number of fused-ring (bicyclic) bond motifs is 1. The minimum atomic E-state index is -0.567. The maximum Gasteiger partial charge on any atom is 0.261 e. The van der Waals surface area contributed by atoms with E-state index in [1.165, 1.54) is 13.3 Å². The van der Waals surface area contributed by atoms with Gasteiger partial charge in [0.25, 0.3) is 11.8 Å². The van der Waals surface area contributed by atoms with Crippen LogP contribution in [-0.2, 0) is 4.79 Å². The number of hydrogen-bond acceptors (Lipinski definition) is 6. The molecule has 1 aromatic carbocycles. The molecule has 1 saturated carbocycles. The summed E-state index contributed by atoms with van der Waals surface area (Å²) in [5.74, 6) is 0.471. The van der Waals surface area contributed by atoms with Gasteiger partial charge in [0.2, 0.25) is 11.8 Å². The Labute approximate surface area is 180 Å². The zero-order chi connectivity index (χ0) is 21.1. The Balaban J connectivity index is 1.53. The minimum absolute atomic E-state index is 0.0639. The number of nitrogens with one attached hydrogen (secondary N) is 2. The number of likely N-dealkylation sites (tertiary alicyclic amines) is 1. The van der Waals surface area contributed by atoms with Crippen molar-refractivity contribution < 1.29 is 14.3 Å². The van der Waals surface area contributed by atoms with Crippen LogP contribution in [0, 0.1) is 5.92 Å². The SMILES string of the molecule is COc1ccnc(NNC(=O)C2CC3CCCCC3N2C(=O)c2cccc(Cl)c2)n1. The van der Waals surface area contributed by atoms with E-state index in [9.17, 15) is 9.59 Å². The van der Waals surface area contributed by atoms with Crippen LogP contribution >= 0.6 is 11.6 Å². The fourth-order valence-electron chi connectivity index (χ4n) is 4.47. The van der Waals surface area contributed by atoms with Gasteiger partial charge in [0.05, 0.1) is 7.11 Å². The summed E-state index contributed by atoms with van der Waals surface area (Å²) in [6.45, 7) is 0. The van der Waals surface area contributed by atoms with E-state index in [-0.39, 0.29) is 23.8 Å². The fourth-order valence-corrected chi connectivity index (χ4v) is 4.66. The number of halogens is 1. The van der Waals surface area contributed by atoms with Crippen LogP contribution in [0.5, 0.6) is 5.88 Å². The maximum atomic E-state index is 13.4. The summed E-state index contributed by atoms with van der Waals surface area (Å²) in [6, 6.07) is 7.98. The third kappa shape index (κ3) is 4.18. The second kappa shape index (κ2) is 8.87. The highest BCUT2D eigenvalue weighted by molar-refractivity contribution is 6.31. The van der Waals surface area contributed by atoms with Crippen molar-refractivity contribution in [2.24, 2.45) is 5.92 Å². The summed E-state index contributed by atoms with van der Waals surface area (Å²) >= 11 is 6.09. The van der Waals surface area contributed by atoms with Gasteiger partial charge in [-0.05, 0) is 43.4 Å². The molecular formula is C21H24ClN5O3. The second-order valence-electron chi connectivity index (χ2n) is 7.62. The van der Waals surface area contributed by atoms with E-state index in [0.29, 0.717) is 28.8 Å². The predicted octanol–water partition coefficient (Wildman–Crippen LogP) is 3.06. The molecule has 0 spiro atoms. The quantitative estimate of drug-likeness (QED) is 0.709. The molecule has 8 nitrogen and oxygen atoms in total. The number of amides is 2. The zero-order valence-corrected chi connectivity index (χ0v) is 17.4. The van der Waals surface area contributed by atoms with Crippen molar-refractivity contribution in [3.05, 3.63) is 47.1 Å².